The van der Waals surface area contributed by atoms with Gasteiger partial charge in [-0.25, -0.2) is 9.59 Å². The first-order valence-electron chi connectivity index (χ1n) is 14.7. The molecule has 2 aliphatic heterocycles. The number of amides is 1. The van der Waals surface area contributed by atoms with Gasteiger partial charge in [-0.05, 0) is 90.0 Å². The number of rotatable bonds is 5. The Hall–Kier alpha value is -2.56. The number of carbonyl (C=O) groups excluding carboxylic acids is 2. The number of hydrogen-bond donors (Lipinski definition) is 2. The number of likely N-dealkylation sites (tertiary alicyclic amines) is 1. The summed E-state index contributed by atoms with van der Waals surface area (Å²) in [6, 6.07) is 3.08. The molecule has 1 aromatic rings. The predicted octanol–water partition coefficient (Wildman–Crippen LogP) is 4.80. The highest BCUT2D eigenvalue weighted by molar-refractivity contribution is 6.74. The molecule has 5 atom stereocenters. The summed E-state index contributed by atoms with van der Waals surface area (Å²) in [4.78, 5) is 27.8. The minimum Gasteiger partial charge on any atom is -0.541 e. The quantitative estimate of drug-likeness (QED) is 0.374. The summed E-state index contributed by atoms with van der Waals surface area (Å²) < 4.78 is 24.8. The van der Waals surface area contributed by atoms with Crippen molar-refractivity contribution in [1.82, 2.24) is 10.2 Å². The van der Waals surface area contributed by atoms with Crippen molar-refractivity contribution in [1.29, 1.82) is 0 Å². The zero-order valence-electron chi connectivity index (χ0n) is 26.1. The Kier molecular flexibility index (Phi) is 6.91. The van der Waals surface area contributed by atoms with E-state index in [2.05, 4.69) is 57.2 Å². The number of hydrogen-bond acceptors (Lipinski definition) is 8. The lowest BCUT2D eigenvalue weighted by Gasteiger charge is -2.61. The number of nitrogens with zero attached hydrogens (tertiary/aromatic N) is 1. The van der Waals surface area contributed by atoms with Gasteiger partial charge < -0.3 is 34.0 Å². The van der Waals surface area contributed by atoms with Gasteiger partial charge in [0.15, 0.2) is 11.9 Å². The van der Waals surface area contributed by atoms with Crippen LogP contribution in [0.15, 0.2) is 24.0 Å². The molecule has 2 bridgehead atoms. The van der Waals surface area contributed by atoms with Gasteiger partial charge in [0.1, 0.15) is 23.2 Å². The number of piperidine rings is 1. The second-order valence-electron chi connectivity index (χ2n) is 14.7. The summed E-state index contributed by atoms with van der Waals surface area (Å²) in [5, 5.41) is 15.1. The van der Waals surface area contributed by atoms with E-state index < -0.39 is 49.1 Å². The van der Waals surface area contributed by atoms with Gasteiger partial charge in [-0.1, -0.05) is 26.8 Å². The van der Waals surface area contributed by atoms with Crippen molar-refractivity contribution >= 4 is 20.4 Å². The Labute approximate surface area is 244 Å². The second kappa shape index (κ2) is 9.47. The molecule has 41 heavy (non-hydrogen) atoms. The molecule has 10 heteroatoms. The van der Waals surface area contributed by atoms with Gasteiger partial charge in [-0.2, -0.15) is 0 Å². The second-order valence-corrected chi connectivity index (χ2v) is 19.5. The molecule has 1 spiro atoms. The Morgan fingerprint density at radius 2 is 1.88 bits per heavy atom. The molecule has 9 nitrogen and oxygen atoms in total. The molecule has 2 aliphatic carbocycles. The first kappa shape index (κ1) is 29.9. The molecule has 0 saturated carbocycles. The third kappa shape index (κ3) is 4.66. The number of aliphatic hydroxyl groups is 1. The summed E-state index contributed by atoms with van der Waals surface area (Å²) in [6.45, 7) is 18.6. The molecule has 4 aliphatic rings. The van der Waals surface area contributed by atoms with E-state index in [-0.39, 0.29) is 11.1 Å². The fraction of sp³-hybridized carbons (Fsp3) is 0.677. The number of benzene rings is 1. The van der Waals surface area contributed by atoms with Gasteiger partial charge in [0, 0.05) is 18.0 Å². The van der Waals surface area contributed by atoms with Crippen molar-refractivity contribution in [3.05, 3.63) is 35.1 Å². The van der Waals surface area contributed by atoms with Crippen LogP contribution in [-0.4, -0.2) is 73.4 Å². The summed E-state index contributed by atoms with van der Waals surface area (Å²) >= 11 is 0. The smallest absolute Gasteiger partial charge is 0.408 e. The highest BCUT2D eigenvalue weighted by atomic mass is 28.4. The van der Waals surface area contributed by atoms with E-state index in [4.69, 9.17) is 18.6 Å². The lowest BCUT2D eigenvalue weighted by Crippen LogP contribution is -2.74. The van der Waals surface area contributed by atoms with Gasteiger partial charge in [0.25, 0.3) is 8.32 Å². The topological polar surface area (TPSA) is 107 Å². The Bertz CT molecular complexity index is 1300. The largest absolute Gasteiger partial charge is 0.541 e. The summed E-state index contributed by atoms with van der Waals surface area (Å²) in [5.41, 5.74) is -0.452. The van der Waals surface area contributed by atoms with Crippen LogP contribution in [0.5, 0.6) is 11.5 Å². The van der Waals surface area contributed by atoms with Gasteiger partial charge in [0.2, 0.25) is 0 Å². The van der Waals surface area contributed by atoms with Crippen molar-refractivity contribution in [3.8, 4) is 11.5 Å². The van der Waals surface area contributed by atoms with E-state index >= 15 is 0 Å². The van der Waals surface area contributed by atoms with Gasteiger partial charge in [-0.15, -0.1) is 0 Å². The van der Waals surface area contributed by atoms with Crippen LogP contribution in [0.25, 0.3) is 0 Å². The van der Waals surface area contributed by atoms with E-state index in [1.807, 2.05) is 6.07 Å². The molecule has 1 saturated heterocycles. The van der Waals surface area contributed by atoms with Gasteiger partial charge in [-0.3, -0.25) is 0 Å². The minimum absolute atomic E-state index is 0.0173. The maximum Gasteiger partial charge on any atom is 0.408 e. The predicted molar refractivity (Wildman–Crippen MR) is 158 cm³/mol. The molecule has 0 aromatic heterocycles. The molecule has 226 valence electrons. The molecule has 1 aromatic carbocycles. The molecule has 5 rings (SSSR count). The van der Waals surface area contributed by atoms with Crippen LogP contribution in [0.3, 0.4) is 0 Å². The minimum atomic E-state index is -2.21. The maximum absolute atomic E-state index is 13.2. The molecule has 1 unspecified atom stereocenters. The fourth-order valence-corrected chi connectivity index (χ4v) is 7.70. The molecule has 0 radical (unpaired) electrons. The van der Waals surface area contributed by atoms with E-state index in [1.54, 1.807) is 33.8 Å². The van der Waals surface area contributed by atoms with Crippen LogP contribution in [0.1, 0.15) is 72.4 Å². The van der Waals surface area contributed by atoms with Crippen molar-refractivity contribution in [2.75, 3.05) is 13.6 Å². The van der Waals surface area contributed by atoms with Crippen LogP contribution in [0, 0.1) is 0 Å². The average Bonchev–Trinajstić information content (AvgIpc) is 3.18. The van der Waals surface area contributed by atoms with Crippen molar-refractivity contribution in [2.45, 2.75) is 121 Å². The lowest BCUT2D eigenvalue weighted by molar-refractivity contribution is -0.169. The Morgan fingerprint density at radius 1 is 1.20 bits per heavy atom. The van der Waals surface area contributed by atoms with Crippen LogP contribution in [0.2, 0.25) is 18.1 Å². The zero-order chi connectivity index (χ0) is 30.3. The highest BCUT2D eigenvalue weighted by Crippen LogP contribution is 2.65. The van der Waals surface area contributed by atoms with Crippen LogP contribution >= 0.6 is 0 Å². The van der Waals surface area contributed by atoms with Crippen molar-refractivity contribution in [2.24, 2.45) is 0 Å². The summed E-state index contributed by atoms with van der Waals surface area (Å²) in [6.07, 6.45) is 2.06. The maximum atomic E-state index is 13.2. The standard InChI is InChI=1S/C31H46N2O7Si/c1-18(32-27(35)39-28(2,3)4)26(34)37-21-13-14-31(36)22-17-19-11-12-20(40-41(9,10)29(5,6)7)24-23(19)30(31,25(21)38-24)15-16-33(22)8/h11-13,18,22,25,36H,14-17H2,1-10H3,(H,32,35)/t18-,22?,25-,30-,31-/m0/s1. The van der Waals surface area contributed by atoms with Gasteiger partial charge in [0.05, 0.1) is 11.0 Å². The van der Waals surface area contributed by atoms with Gasteiger partial charge >= 0.3 is 12.1 Å². The van der Waals surface area contributed by atoms with E-state index in [9.17, 15) is 14.7 Å². The normalized spacial score (nSPS) is 29.5. The molecular weight excluding hydrogens is 540 g/mol. The van der Waals surface area contributed by atoms with Crippen molar-refractivity contribution < 1.29 is 33.3 Å². The molecular formula is C31H46N2O7Si. The first-order chi connectivity index (χ1) is 18.8. The summed E-state index contributed by atoms with van der Waals surface area (Å²) in [5.74, 6) is 1.08. The highest BCUT2D eigenvalue weighted by Gasteiger charge is 2.72. The number of ether oxygens (including phenoxy) is 3. The Balaban J connectivity index is 1.51. The van der Waals surface area contributed by atoms with Crippen LogP contribution in [0.4, 0.5) is 4.79 Å². The van der Waals surface area contributed by atoms with E-state index in [0.717, 1.165) is 17.7 Å². The first-order valence-corrected chi connectivity index (χ1v) is 17.6. The number of esters is 1. The van der Waals surface area contributed by atoms with E-state index in [0.29, 0.717) is 36.5 Å². The number of nitrogens with one attached hydrogen (secondary N) is 1. The molecule has 1 amide bonds. The Morgan fingerprint density at radius 3 is 2.51 bits per heavy atom. The summed E-state index contributed by atoms with van der Waals surface area (Å²) in [7, 11) is -0.151. The fourth-order valence-electron chi connectivity index (χ4n) is 6.68. The number of alkyl carbamates (subject to hydrolysis) is 1. The third-order valence-corrected chi connectivity index (χ3v) is 14.2. The molecule has 1 fully saturated rings. The molecule has 2 heterocycles. The number of likely N-dealkylation sites (N-methyl/N-ethyl adjacent to an activating group) is 1. The van der Waals surface area contributed by atoms with E-state index in [1.165, 1.54) is 0 Å². The molecule has 2 N–H and O–H groups in total. The van der Waals surface area contributed by atoms with Crippen molar-refractivity contribution in [3.63, 3.8) is 0 Å². The van der Waals surface area contributed by atoms with Crippen LogP contribution < -0.4 is 14.5 Å². The SMILES string of the molecule is C[C@H](NC(=O)OC(C)(C)C)C(=O)OC1=CC[C@]2(O)C3Cc4ccc(O[Si](C)(C)C(C)(C)C)c5c4[C@@]2(CCN3C)[C@H]1O5. The van der Waals surface area contributed by atoms with Crippen LogP contribution in [-0.2, 0) is 26.1 Å². The third-order valence-electron chi connectivity index (χ3n) is 9.81. The monoisotopic (exact) mass is 586 g/mol. The lowest BCUT2D eigenvalue weighted by atomic mass is 9.50. The average molecular weight is 587 g/mol. The number of carbonyl (C=O) groups is 2. The zero-order valence-corrected chi connectivity index (χ0v) is 27.1.